The molecule has 0 bridgehead atoms. The van der Waals surface area contributed by atoms with Crippen LogP contribution in [0.2, 0.25) is 0 Å². The van der Waals surface area contributed by atoms with Crippen LogP contribution < -0.4 is 10.5 Å². The fraction of sp³-hybridized carbons (Fsp3) is 0.357. The summed E-state index contributed by atoms with van der Waals surface area (Å²) in [4.78, 5) is 23.2. The van der Waals surface area contributed by atoms with Crippen LogP contribution in [0.3, 0.4) is 0 Å². The zero-order valence-corrected chi connectivity index (χ0v) is 11.1. The van der Waals surface area contributed by atoms with Crippen molar-refractivity contribution >= 4 is 5.95 Å². The van der Waals surface area contributed by atoms with Crippen molar-refractivity contribution in [2.45, 2.75) is 19.9 Å². The molecule has 0 amide bonds. The molecule has 3 rings (SSSR count). The molecule has 3 heterocycles. The highest BCUT2D eigenvalue weighted by atomic mass is 16.1. The summed E-state index contributed by atoms with van der Waals surface area (Å²) in [6.07, 6.45) is 4.42. The zero-order valence-electron chi connectivity index (χ0n) is 11.1. The molecule has 0 N–H and O–H groups in total. The summed E-state index contributed by atoms with van der Waals surface area (Å²) in [5.74, 6) is 0.758. The predicted molar refractivity (Wildman–Crippen MR) is 74.4 cm³/mol. The molecule has 0 saturated carbocycles. The standard InChI is InChI=1S/C14H16N4O/c1-10-12(11-4-6-15-7-5-11)16-14-17(2)8-3-9-18(14)13(10)19/h4-7H,3,8-9H2,1-2H3. The van der Waals surface area contributed by atoms with Crippen LogP contribution in [-0.4, -0.2) is 28.1 Å². The van der Waals surface area contributed by atoms with Crippen LogP contribution >= 0.6 is 0 Å². The van der Waals surface area contributed by atoms with Crippen LogP contribution in [0.4, 0.5) is 5.95 Å². The molecule has 1 aliphatic rings. The van der Waals surface area contributed by atoms with E-state index < -0.39 is 0 Å². The highest BCUT2D eigenvalue weighted by Crippen LogP contribution is 2.23. The average molecular weight is 256 g/mol. The SMILES string of the molecule is Cc1c(-c2ccncc2)nc2n(c1=O)CCCN2C. The Labute approximate surface area is 111 Å². The largest absolute Gasteiger partial charge is 0.345 e. The summed E-state index contributed by atoms with van der Waals surface area (Å²) in [7, 11) is 1.98. The molecule has 0 saturated heterocycles. The Morgan fingerprint density at radius 2 is 1.95 bits per heavy atom. The Balaban J connectivity index is 2.25. The van der Waals surface area contributed by atoms with E-state index in [9.17, 15) is 4.79 Å². The van der Waals surface area contributed by atoms with Gasteiger partial charge >= 0.3 is 0 Å². The lowest BCUT2D eigenvalue weighted by molar-refractivity contribution is 0.550. The summed E-state index contributed by atoms with van der Waals surface area (Å²) in [5.41, 5.74) is 2.45. The first-order valence-electron chi connectivity index (χ1n) is 6.41. The van der Waals surface area contributed by atoms with Gasteiger partial charge in [0, 0.05) is 43.7 Å². The van der Waals surface area contributed by atoms with E-state index in [2.05, 4.69) is 9.97 Å². The molecule has 1 aliphatic heterocycles. The van der Waals surface area contributed by atoms with Crippen molar-refractivity contribution in [1.29, 1.82) is 0 Å². The number of anilines is 1. The first-order chi connectivity index (χ1) is 9.18. The summed E-state index contributed by atoms with van der Waals surface area (Å²) in [6.45, 7) is 3.53. The highest BCUT2D eigenvalue weighted by Gasteiger charge is 2.20. The van der Waals surface area contributed by atoms with Gasteiger partial charge in [0.15, 0.2) is 0 Å². The molecule has 2 aromatic heterocycles. The van der Waals surface area contributed by atoms with Crippen LogP contribution in [0.1, 0.15) is 12.0 Å². The number of nitrogens with zero attached hydrogens (tertiary/aromatic N) is 4. The molecule has 0 aromatic carbocycles. The van der Waals surface area contributed by atoms with Gasteiger partial charge in [-0.15, -0.1) is 0 Å². The van der Waals surface area contributed by atoms with E-state index in [1.165, 1.54) is 0 Å². The molecule has 0 spiro atoms. The van der Waals surface area contributed by atoms with Crippen molar-refractivity contribution < 1.29 is 0 Å². The second-order valence-electron chi connectivity index (χ2n) is 4.85. The highest BCUT2D eigenvalue weighted by molar-refractivity contribution is 5.63. The maximum absolute atomic E-state index is 12.4. The summed E-state index contributed by atoms with van der Waals surface area (Å²) in [5, 5.41) is 0. The van der Waals surface area contributed by atoms with Crippen molar-refractivity contribution in [3.8, 4) is 11.3 Å². The first kappa shape index (κ1) is 11.9. The fourth-order valence-corrected chi connectivity index (χ4v) is 2.49. The number of hydrogen-bond donors (Lipinski definition) is 0. The first-order valence-corrected chi connectivity index (χ1v) is 6.41. The number of fused-ring (bicyclic) bond motifs is 1. The van der Waals surface area contributed by atoms with Crippen LogP contribution in [0.15, 0.2) is 29.3 Å². The third-order valence-electron chi connectivity index (χ3n) is 3.54. The Kier molecular flexibility index (Phi) is 2.81. The summed E-state index contributed by atoms with van der Waals surface area (Å²) >= 11 is 0. The van der Waals surface area contributed by atoms with E-state index in [4.69, 9.17) is 0 Å². The number of rotatable bonds is 1. The van der Waals surface area contributed by atoms with Crippen LogP contribution in [-0.2, 0) is 6.54 Å². The lowest BCUT2D eigenvalue weighted by Gasteiger charge is -2.28. The van der Waals surface area contributed by atoms with Crippen LogP contribution in [0.5, 0.6) is 0 Å². The minimum Gasteiger partial charge on any atom is -0.345 e. The maximum Gasteiger partial charge on any atom is 0.258 e. The Morgan fingerprint density at radius 3 is 2.68 bits per heavy atom. The molecule has 19 heavy (non-hydrogen) atoms. The normalized spacial score (nSPS) is 14.3. The molecular formula is C14H16N4O. The molecule has 98 valence electrons. The lowest BCUT2D eigenvalue weighted by Crippen LogP contribution is -2.37. The third-order valence-corrected chi connectivity index (χ3v) is 3.54. The van der Waals surface area contributed by atoms with Gasteiger partial charge in [-0.3, -0.25) is 14.3 Å². The molecule has 0 radical (unpaired) electrons. The van der Waals surface area contributed by atoms with Gasteiger partial charge in [0.05, 0.1) is 5.69 Å². The van der Waals surface area contributed by atoms with Crippen LogP contribution in [0, 0.1) is 6.92 Å². The van der Waals surface area contributed by atoms with Gasteiger partial charge < -0.3 is 4.90 Å². The summed E-state index contributed by atoms with van der Waals surface area (Å²) < 4.78 is 1.77. The molecule has 5 heteroatoms. The van der Waals surface area contributed by atoms with Crippen molar-refractivity contribution in [2.24, 2.45) is 0 Å². The van der Waals surface area contributed by atoms with Crippen molar-refractivity contribution in [2.75, 3.05) is 18.5 Å². The van der Waals surface area contributed by atoms with Gasteiger partial charge in [0.2, 0.25) is 5.95 Å². The Hall–Kier alpha value is -2.17. The predicted octanol–water partition coefficient (Wildman–Crippen LogP) is 1.45. The van der Waals surface area contributed by atoms with Gasteiger partial charge in [-0.25, -0.2) is 4.98 Å². The third kappa shape index (κ3) is 1.91. The zero-order chi connectivity index (χ0) is 13.4. The van der Waals surface area contributed by atoms with Crippen molar-refractivity contribution in [3.05, 3.63) is 40.4 Å². The Bertz CT molecular complexity index is 663. The molecule has 2 aromatic rings. The van der Waals surface area contributed by atoms with E-state index in [0.717, 1.165) is 36.7 Å². The quantitative estimate of drug-likeness (QED) is 0.775. The van der Waals surface area contributed by atoms with E-state index in [1.54, 1.807) is 17.0 Å². The fourth-order valence-electron chi connectivity index (χ4n) is 2.49. The lowest BCUT2D eigenvalue weighted by atomic mass is 10.1. The molecule has 5 nitrogen and oxygen atoms in total. The van der Waals surface area contributed by atoms with E-state index in [1.807, 2.05) is 31.0 Å². The van der Waals surface area contributed by atoms with Gasteiger partial charge in [-0.1, -0.05) is 0 Å². The average Bonchev–Trinajstić information content (AvgIpc) is 2.44. The van der Waals surface area contributed by atoms with Gasteiger partial charge in [-0.05, 0) is 25.5 Å². The number of pyridine rings is 1. The summed E-state index contributed by atoms with van der Waals surface area (Å²) in [6, 6.07) is 3.77. The molecule has 0 aliphatic carbocycles. The van der Waals surface area contributed by atoms with Crippen molar-refractivity contribution in [1.82, 2.24) is 14.5 Å². The molecule has 0 fully saturated rings. The number of hydrogen-bond acceptors (Lipinski definition) is 4. The molecule has 0 atom stereocenters. The van der Waals surface area contributed by atoms with Crippen LogP contribution in [0.25, 0.3) is 11.3 Å². The van der Waals surface area contributed by atoms with Crippen molar-refractivity contribution in [3.63, 3.8) is 0 Å². The van der Waals surface area contributed by atoms with E-state index in [-0.39, 0.29) is 5.56 Å². The molecule has 0 unspecified atom stereocenters. The minimum absolute atomic E-state index is 0.0587. The molecular weight excluding hydrogens is 240 g/mol. The minimum atomic E-state index is 0.0587. The van der Waals surface area contributed by atoms with E-state index in [0.29, 0.717) is 5.56 Å². The Morgan fingerprint density at radius 1 is 1.21 bits per heavy atom. The van der Waals surface area contributed by atoms with Gasteiger partial charge in [0.1, 0.15) is 0 Å². The smallest absolute Gasteiger partial charge is 0.258 e. The topological polar surface area (TPSA) is 51.0 Å². The van der Waals surface area contributed by atoms with Gasteiger partial charge in [-0.2, -0.15) is 0 Å². The second kappa shape index (κ2) is 4.50. The van der Waals surface area contributed by atoms with E-state index >= 15 is 0 Å². The van der Waals surface area contributed by atoms with Gasteiger partial charge in [0.25, 0.3) is 5.56 Å². The number of aromatic nitrogens is 3. The maximum atomic E-state index is 12.4. The second-order valence-corrected chi connectivity index (χ2v) is 4.85. The monoisotopic (exact) mass is 256 g/mol.